The molecule has 0 saturated carbocycles. The monoisotopic (exact) mass is 194 g/mol. The van der Waals surface area contributed by atoms with Gasteiger partial charge in [-0.3, -0.25) is 0 Å². The van der Waals surface area contributed by atoms with E-state index in [9.17, 15) is 0 Å². The molecule has 1 aliphatic rings. The lowest BCUT2D eigenvalue weighted by Crippen LogP contribution is -2.34. The number of rotatable bonds is 3. The Morgan fingerprint density at radius 3 is 3.43 bits per heavy atom. The van der Waals surface area contributed by atoms with Crippen LogP contribution in [0.2, 0.25) is 0 Å². The first-order valence-electron chi connectivity index (χ1n) is 4.72. The maximum Gasteiger partial charge on any atom is 0.163 e. The van der Waals surface area contributed by atoms with Gasteiger partial charge in [-0.1, -0.05) is 6.08 Å². The zero-order valence-corrected chi connectivity index (χ0v) is 8.02. The van der Waals surface area contributed by atoms with E-state index < -0.39 is 0 Å². The minimum absolute atomic E-state index is 0.0196. The number of hydrogen-bond acceptors (Lipinski definition) is 4. The fourth-order valence-electron chi connectivity index (χ4n) is 1.52. The Hall–Kier alpha value is -1.20. The third-order valence-electron chi connectivity index (χ3n) is 2.19. The van der Waals surface area contributed by atoms with Crippen molar-refractivity contribution < 1.29 is 4.74 Å². The molecular weight excluding hydrogens is 180 g/mol. The predicted molar refractivity (Wildman–Crippen MR) is 51.8 cm³/mol. The molecule has 1 aromatic rings. The Labute approximate surface area is 82.8 Å². The molecule has 1 unspecified atom stereocenters. The van der Waals surface area contributed by atoms with E-state index in [1.165, 1.54) is 0 Å². The number of ether oxygens (including phenoxy) is 1. The highest BCUT2D eigenvalue weighted by Crippen LogP contribution is 2.15. The lowest BCUT2D eigenvalue weighted by Gasteiger charge is -2.22. The Morgan fingerprint density at radius 1 is 1.79 bits per heavy atom. The first-order valence-corrected chi connectivity index (χ1v) is 4.72. The molecule has 0 aromatic carbocycles. The van der Waals surface area contributed by atoms with Gasteiger partial charge in [-0.15, -0.1) is 16.8 Å². The van der Waals surface area contributed by atoms with Gasteiger partial charge in [-0.05, 0) is 0 Å². The molecule has 14 heavy (non-hydrogen) atoms. The Bertz CT molecular complexity index is 304. The van der Waals surface area contributed by atoms with Gasteiger partial charge in [0.15, 0.2) is 5.82 Å². The summed E-state index contributed by atoms with van der Waals surface area (Å²) >= 11 is 0. The largest absolute Gasteiger partial charge is 0.368 e. The summed E-state index contributed by atoms with van der Waals surface area (Å²) in [6.07, 6.45) is 3.55. The summed E-state index contributed by atoms with van der Waals surface area (Å²) in [6, 6.07) is 0. The van der Waals surface area contributed by atoms with Crippen LogP contribution in [0.25, 0.3) is 0 Å². The lowest BCUT2D eigenvalue weighted by molar-refractivity contribution is 0.0200. The molecule has 5 heteroatoms. The standard InChI is InChI=1S/C9H14N4O/c1-2-4-13-7-11-12-9(13)8-6-10-3-5-14-8/h2,7-8,10H,1,3-6H2. The molecule has 1 fully saturated rings. The number of aromatic nitrogens is 3. The lowest BCUT2D eigenvalue weighted by atomic mass is 10.3. The molecule has 1 N–H and O–H groups in total. The van der Waals surface area contributed by atoms with Gasteiger partial charge >= 0.3 is 0 Å². The Morgan fingerprint density at radius 2 is 2.71 bits per heavy atom. The van der Waals surface area contributed by atoms with E-state index in [2.05, 4.69) is 22.1 Å². The molecule has 1 atom stereocenters. The van der Waals surface area contributed by atoms with Gasteiger partial charge < -0.3 is 14.6 Å². The predicted octanol–water partition coefficient (Wildman–Crippen LogP) is 0.125. The quantitative estimate of drug-likeness (QED) is 0.695. The SMILES string of the molecule is C=CCn1cnnc1C1CNCCO1. The van der Waals surface area contributed by atoms with E-state index in [1.807, 2.05) is 10.6 Å². The zero-order chi connectivity index (χ0) is 9.80. The first-order chi connectivity index (χ1) is 6.92. The van der Waals surface area contributed by atoms with Gasteiger partial charge in [0.2, 0.25) is 0 Å². The first kappa shape index (κ1) is 9.36. The van der Waals surface area contributed by atoms with Crippen molar-refractivity contribution in [2.24, 2.45) is 0 Å². The molecule has 0 spiro atoms. The molecule has 1 aliphatic heterocycles. The second-order valence-corrected chi connectivity index (χ2v) is 3.19. The normalized spacial score (nSPS) is 22.1. The number of nitrogens with zero attached hydrogens (tertiary/aromatic N) is 3. The van der Waals surface area contributed by atoms with Crippen molar-refractivity contribution in [3.63, 3.8) is 0 Å². The molecule has 2 heterocycles. The van der Waals surface area contributed by atoms with E-state index >= 15 is 0 Å². The van der Waals surface area contributed by atoms with Crippen LogP contribution in [-0.4, -0.2) is 34.5 Å². The molecule has 1 aromatic heterocycles. The van der Waals surface area contributed by atoms with Crippen LogP contribution in [0.1, 0.15) is 11.9 Å². The van der Waals surface area contributed by atoms with Crippen molar-refractivity contribution in [2.75, 3.05) is 19.7 Å². The average Bonchev–Trinajstić information content (AvgIpc) is 2.68. The molecule has 0 radical (unpaired) electrons. The minimum Gasteiger partial charge on any atom is -0.368 e. The van der Waals surface area contributed by atoms with Crippen LogP contribution in [0.5, 0.6) is 0 Å². The van der Waals surface area contributed by atoms with E-state index in [0.717, 1.165) is 32.1 Å². The van der Waals surface area contributed by atoms with Gasteiger partial charge in [0.25, 0.3) is 0 Å². The fourth-order valence-corrected chi connectivity index (χ4v) is 1.52. The van der Waals surface area contributed by atoms with Crippen LogP contribution < -0.4 is 5.32 Å². The Kier molecular flexibility index (Phi) is 2.90. The van der Waals surface area contributed by atoms with Crippen molar-refractivity contribution in [3.05, 3.63) is 24.8 Å². The van der Waals surface area contributed by atoms with Gasteiger partial charge in [-0.25, -0.2) is 0 Å². The Balaban J connectivity index is 2.12. The molecule has 0 aliphatic carbocycles. The number of morpholine rings is 1. The fraction of sp³-hybridized carbons (Fsp3) is 0.556. The zero-order valence-electron chi connectivity index (χ0n) is 8.02. The van der Waals surface area contributed by atoms with Crippen molar-refractivity contribution in [3.8, 4) is 0 Å². The van der Waals surface area contributed by atoms with Crippen molar-refractivity contribution in [2.45, 2.75) is 12.6 Å². The molecular formula is C9H14N4O. The van der Waals surface area contributed by atoms with Gasteiger partial charge in [0, 0.05) is 19.6 Å². The molecule has 2 rings (SSSR count). The third kappa shape index (κ3) is 1.83. The molecule has 76 valence electrons. The van der Waals surface area contributed by atoms with Crippen LogP contribution in [0, 0.1) is 0 Å². The highest BCUT2D eigenvalue weighted by atomic mass is 16.5. The van der Waals surface area contributed by atoms with Gasteiger partial charge in [-0.2, -0.15) is 0 Å². The molecule has 0 amide bonds. The topological polar surface area (TPSA) is 52.0 Å². The van der Waals surface area contributed by atoms with E-state index in [0.29, 0.717) is 0 Å². The maximum absolute atomic E-state index is 5.59. The summed E-state index contributed by atoms with van der Waals surface area (Å²) in [5.41, 5.74) is 0. The number of hydrogen-bond donors (Lipinski definition) is 1. The third-order valence-corrected chi connectivity index (χ3v) is 2.19. The second-order valence-electron chi connectivity index (χ2n) is 3.19. The number of nitrogens with one attached hydrogen (secondary N) is 1. The molecule has 5 nitrogen and oxygen atoms in total. The van der Waals surface area contributed by atoms with E-state index in [1.54, 1.807) is 6.33 Å². The summed E-state index contributed by atoms with van der Waals surface area (Å²) in [7, 11) is 0. The van der Waals surface area contributed by atoms with Crippen molar-refractivity contribution >= 4 is 0 Å². The highest BCUT2D eigenvalue weighted by molar-refractivity contribution is 4.95. The van der Waals surface area contributed by atoms with E-state index in [4.69, 9.17) is 4.74 Å². The minimum atomic E-state index is 0.0196. The summed E-state index contributed by atoms with van der Waals surface area (Å²) in [6.45, 7) is 6.85. The van der Waals surface area contributed by atoms with E-state index in [-0.39, 0.29) is 6.10 Å². The van der Waals surface area contributed by atoms with Crippen LogP contribution in [0.3, 0.4) is 0 Å². The maximum atomic E-state index is 5.59. The average molecular weight is 194 g/mol. The van der Waals surface area contributed by atoms with Crippen LogP contribution in [0.4, 0.5) is 0 Å². The van der Waals surface area contributed by atoms with Crippen LogP contribution in [-0.2, 0) is 11.3 Å². The van der Waals surface area contributed by atoms with Crippen LogP contribution in [0.15, 0.2) is 19.0 Å². The summed E-state index contributed by atoms with van der Waals surface area (Å²) in [5.74, 6) is 0.872. The summed E-state index contributed by atoms with van der Waals surface area (Å²) in [5, 5.41) is 11.2. The molecule has 1 saturated heterocycles. The highest BCUT2D eigenvalue weighted by Gasteiger charge is 2.20. The van der Waals surface area contributed by atoms with Gasteiger partial charge in [0.1, 0.15) is 12.4 Å². The van der Waals surface area contributed by atoms with Crippen molar-refractivity contribution in [1.82, 2.24) is 20.1 Å². The summed E-state index contributed by atoms with van der Waals surface area (Å²) < 4.78 is 7.54. The smallest absolute Gasteiger partial charge is 0.163 e. The van der Waals surface area contributed by atoms with Gasteiger partial charge in [0.05, 0.1) is 6.61 Å². The van der Waals surface area contributed by atoms with Crippen LogP contribution >= 0.6 is 0 Å². The summed E-state index contributed by atoms with van der Waals surface area (Å²) in [4.78, 5) is 0. The van der Waals surface area contributed by atoms with Crippen molar-refractivity contribution in [1.29, 1.82) is 0 Å². The molecule has 0 bridgehead atoms. The second kappa shape index (κ2) is 4.34. The number of allylic oxidation sites excluding steroid dienone is 1.